The Bertz CT molecular complexity index is 768. The molecule has 2 N–H and O–H groups in total. The molecule has 0 saturated heterocycles. The van der Waals surface area contributed by atoms with Gasteiger partial charge in [-0.15, -0.1) is 36.2 Å². The minimum absolute atomic E-state index is 0. The van der Waals surface area contributed by atoms with Crippen molar-refractivity contribution in [2.24, 2.45) is 0 Å². The predicted octanol–water partition coefficient (Wildman–Crippen LogP) is 3.75. The molecular formula is C19H25Cl2N3OS. The third-order valence-corrected chi connectivity index (χ3v) is 6.35. The van der Waals surface area contributed by atoms with Gasteiger partial charge in [0.2, 0.25) is 0 Å². The topological polar surface area (TPSA) is 54.0 Å². The van der Waals surface area contributed by atoms with Crippen molar-refractivity contribution in [2.75, 3.05) is 6.54 Å². The van der Waals surface area contributed by atoms with Crippen molar-refractivity contribution >= 4 is 42.1 Å². The maximum Gasteiger partial charge on any atom is 0.261 e. The highest BCUT2D eigenvalue weighted by Gasteiger charge is 2.19. The smallest absolute Gasteiger partial charge is 0.261 e. The highest BCUT2D eigenvalue weighted by Crippen LogP contribution is 2.29. The van der Waals surface area contributed by atoms with E-state index in [1.807, 2.05) is 13.1 Å². The number of nitrogens with one attached hydrogen (secondary N) is 2. The van der Waals surface area contributed by atoms with Crippen LogP contribution in [0.15, 0.2) is 12.3 Å². The standard InChI is InChI=1S/C19H23N3OS.2ClH/c1-12-16(15-6-7-20-9-14(15)10-21-12)11-22-19(23)18-8-13-4-2-3-5-17(13)24-18;;/h8,10,20H,2-7,9,11H2,1H3,(H,22,23);2*1H. The molecule has 0 aromatic carbocycles. The summed E-state index contributed by atoms with van der Waals surface area (Å²) >= 11 is 1.67. The van der Waals surface area contributed by atoms with Gasteiger partial charge in [-0.05, 0) is 73.9 Å². The van der Waals surface area contributed by atoms with Gasteiger partial charge in [-0.25, -0.2) is 0 Å². The second-order valence-electron chi connectivity index (χ2n) is 6.70. The first-order valence-electron chi connectivity index (χ1n) is 8.79. The number of thiophene rings is 1. The van der Waals surface area contributed by atoms with Crippen LogP contribution in [0.2, 0.25) is 0 Å². The molecule has 0 bridgehead atoms. The number of hydrogen-bond donors (Lipinski definition) is 2. The lowest BCUT2D eigenvalue weighted by atomic mass is 9.96. The lowest BCUT2D eigenvalue weighted by molar-refractivity contribution is 0.0954. The lowest BCUT2D eigenvalue weighted by Gasteiger charge is -2.21. The molecule has 2 aromatic heterocycles. The average molecular weight is 414 g/mol. The Balaban J connectivity index is 0.00000121. The van der Waals surface area contributed by atoms with Crippen molar-refractivity contribution in [1.82, 2.24) is 15.6 Å². The Hall–Kier alpha value is -1.14. The van der Waals surface area contributed by atoms with E-state index in [1.54, 1.807) is 11.3 Å². The van der Waals surface area contributed by atoms with Crippen LogP contribution >= 0.6 is 36.2 Å². The van der Waals surface area contributed by atoms with Crippen LogP contribution in [0.3, 0.4) is 0 Å². The maximum absolute atomic E-state index is 12.6. The number of carbonyl (C=O) groups excluding carboxylic acids is 1. The van der Waals surface area contributed by atoms with Crippen LogP contribution in [0.25, 0.3) is 0 Å². The third-order valence-electron chi connectivity index (χ3n) is 5.12. The van der Waals surface area contributed by atoms with E-state index in [0.29, 0.717) is 6.54 Å². The number of pyridine rings is 1. The van der Waals surface area contributed by atoms with Crippen LogP contribution in [0.1, 0.15) is 55.3 Å². The van der Waals surface area contributed by atoms with E-state index in [0.717, 1.165) is 42.9 Å². The zero-order chi connectivity index (χ0) is 16.5. The van der Waals surface area contributed by atoms with E-state index in [4.69, 9.17) is 0 Å². The fraction of sp³-hybridized carbons (Fsp3) is 0.474. The number of fused-ring (bicyclic) bond motifs is 2. The normalized spacial score (nSPS) is 15.1. The highest BCUT2D eigenvalue weighted by molar-refractivity contribution is 7.14. The molecule has 0 atom stereocenters. The summed E-state index contributed by atoms with van der Waals surface area (Å²) in [7, 11) is 0. The van der Waals surface area contributed by atoms with Gasteiger partial charge in [0.05, 0.1) is 4.88 Å². The summed E-state index contributed by atoms with van der Waals surface area (Å²) in [6, 6.07) is 2.10. The van der Waals surface area contributed by atoms with Crippen LogP contribution < -0.4 is 10.6 Å². The first kappa shape index (κ1) is 21.2. The molecule has 0 radical (unpaired) electrons. The first-order valence-corrected chi connectivity index (χ1v) is 9.61. The van der Waals surface area contributed by atoms with Gasteiger partial charge in [0.1, 0.15) is 0 Å². The molecular weight excluding hydrogens is 389 g/mol. The maximum atomic E-state index is 12.6. The summed E-state index contributed by atoms with van der Waals surface area (Å²) in [6.07, 6.45) is 7.74. The van der Waals surface area contributed by atoms with E-state index in [2.05, 4.69) is 21.7 Å². The van der Waals surface area contributed by atoms with Crippen LogP contribution in [-0.2, 0) is 32.4 Å². The van der Waals surface area contributed by atoms with Crippen molar-refractivity contribution in [3.8, 4) is 0 Å². The molecule has 3 heterocycles. The third kappa shape index (κ3) is 4.22. The molecule has 7 heteroatoms. The number of aryl methyl sites for hydroxylation is 3. The van der Waals surface area contributed by atoms with Crippen LogP contribution in [0.4, 0.5) is 0 Å². The number of rotatable bonds is 3. The van der Waals surface area contributed by atoms with E-state index < -0.39 is 0 Å². The molecule has 1 amide bonds. The molecule has 1 aliphatic heterocycles. The minimum atomic E-state index is 0. The average Bonchev–Trinajstić information content (AvgIpc) is 3.05. The van der Waals surface area contributed by atoms with Crippen LogP contribution in [0, 0.1) is 6.92 Å². The van der Waals surface area contributed by atoms with Crippen molar-refractivity contribution < 1.29 is 4.79 Å². The van der Waals surface area contributed by atoms with E-state index in [9.17, 15) is 4.79 Å². The zero-order valence-electron chi connectivity index (χ0n) is 14.9. The Morgan fingerprint density at radius 3 is 2.85 bits per heavy atom. The molecule has 26 heavy (non-hydrogen) atoms. The largest absolute Gasteiger partial charge is 0.347 e. The second-order valence-corrected chi connectivity index (χ2v) is 7.84. The quantitative estimate of drug-likeness (QED) is 0.805. The summed E-state index contributed by atoms with van der Waals surface area (Å²) in [5.41, 5.74) is 6.25. The molecule has 0 unspecified atom stereocenters. The van der Waals surface area contributed by atoms with Crippen molar-refractivity contribution in [3.63, 3.8) is 0 Å². The predicted molar refractivity (Wildman–Crippen MR) is 111 cm³/mol. The monoisotopic (exact) mass is 413 g/mol. The van der Waals surface area contributed by atoms with Crippen molar-refractivity contribution in [1.29, 1.82) is 0 Å². The number of halogens is 2. The fourth-order valence-electron chi connectivity index (χ4n) is 3.74. The molecule has 2 aromatic rings. The van der Waals surface area contributed by atoms with Gasteiger partial charge in [0, 0.05) is 29.9 Å². The molecule has 0 spiro atoms. The number of carbonyl (C=O) groups is 1. The summed E-state index contributed by atoms with van der Waals surface area (Å²) in [6.45, 7) is 4.48. The molecule has 2 aliphatic rings. The van der Waals surface area contributed by atoms with E-state index in [1.165, 1.54) is 40.0 Å². The van der Waals surface area contributed by atoms with Gasteiger partial charge in [-0.3, -0.25) is 9.78 Å². The summed E-state index contributed by atoms with van der Waals surface area (Å²) < 4.78 is 0. The minimum Gasteiger partial charge on any atom is -0.347 e. The van der Waals surface area contributed by atoms with Gasteiger partial charge in [0.15, 0.2) is 0 Å². The Morgan fingerprint density at radius 1 is 1.23 bits per heavy atom. The van der Waals surface area contributed by atoms with Gasteiger partial charge in [-0.2, -0.15) is 0 Å². The SMILES string of the molecule is Cc1ncc2c(c1CNC(=O)c1cc3c(s1)CCCC3)CCNC2.Cl.Cl. The van der Waals surface area contributed by atoms with Gasteiger partial charge in [-0.1, -0.05) is 0 Å². The number of aromatic nitrogens is 1. The fourth-order valence-corrected chi connectivity index (χ4v) is 4.91. The highest BCUT2D eigenvalue weighted by atomic mass is 35.5. The summed E-state index contributed by atoms with van der Waals surface area (Å²) in [5.74, 6) is 0.0559. The Morgan fingerprint density at radius 2 is 2.04 bits per heavy atom. The van der Waals surface area contributed by atoms with E-state index >= 15 is 0 Å². The van der Waals surface area contributed by atoms with Gasteiger partial charge >= 0.3 is 0 Å². The Kier molecular flexibility index (Phi) is 7.47. The number of hydrogen-bond acceptors (Lipinski definition) is 4. The lowest BCUT2D eigenvalue weighted by Crippen LogP contribution is -2.28. The molecule has 142 valence electrons. The number of amides is 1. The van der Waals surface area contributed by atoms with Crippen molar-refractivity contribution in [2.45, 2.75) is 52.1 Å². The molecule has 1 aliphatic carbocycles. The zero-order valence-corrected chi connectivity index (χ0v) is 17.3. The first-order chi connectivity index (χ1) is 11.7. The summed E-state index contributed by atoms with van der Waals surface area (Å²) in [4.78, 5) is 19.4. The molecule has 0 saturated carbocycles. The second kappa shape index (κ2) is 9.18. The summed E-state index contributed by atoms with van der Waals surface area (Å²) in [5, 5.41) is 6.51. The van der Waals surface area contributed by atoms with E-state index in [-0.39, 0.29) is 30.7 Å². The van der Waals surface area contributed by atoms with Gasteiger partial charge in [0.25, 0.3) is 5.91 Å². The van der Waals surface area contributed by atoms with Gasteiger partial charge < -0.3 is 10.6 Å². The Labute approximate surface area is 171 Å². The number of nitrogens with zero attached hydrogens (tertiary/aromatic N) is 1. The van der Waals surface area contributed by atoms with Crippen LogP contribution in [0.5, 0.6) is 0 Å². The molecule has 4 rings (SSSR count). The molecule has 4 nitrogen and oxygen atoms in total. The molecule has 0 fully saturated rings. The van der Waals surface area contributed by atoms with Crippen molar-refractivity contribution in [3.05, 3.63) is 50.0 Å². The van der Waals surface area contributed by atoms with Crippen LogP contribution in [-0.4, -0.2) is 17.4 Å².